The molecule has 0 bridgehead atoms. The van der Waals surface area contributed by atoms with Gasteiger partial charge in [-0.25, -0.2) is 4.79 Å². The Balaban J connectivity index is 1.97. The molecule has 0 fully saturated rings. The third kappa shape index (κ3) is 5.24. The molecule has 7 nitrogen and oxygen atoms in total. The van der Waals surface area contributed by atoms with Gasteiger partial charge in [0.2, 0.25) is 5.91 Å². The first kappa shape index (κ1) is 22.0. The molecule has 1 amide bonds. The van der Waals surface area contributed by atoms with Crippen molar-refractivity contribution in [3.05, 3.63) is 68.4 Å². The highest BCUT2D eigenvalue weighted by Gasteiger charge is 2.24. The number of hydrogen-bond donors (Lipinski definition) is 2. The molecule has 0 radical (unpaired) electrons. The van der Waals surface area contributed by atoms with E-state index in [1.807, 2.05) is 36.6 Å². The lowest BCUT2D eigenvalue weighted by Gasteiger charge is -2.25. The van der Waals surface area contributed by atoms with Crippen molar-refractivity contribution in [2.75, 3.05) is 29.2 Å². The van der Waals surface area contributed by atoms with Crippen molar-refractivity contribution in [2.45, 2.75) is 38.6 Å². The van der Waals surface area contributed by atoms with E-state index in [-0.39, 0.29) is 29.7 Å². The van der Waals surface area contributed by atoms with E-state index in [4.69, 9.17) is 5.73 Å². The van der Waals surface area contributed by atoms with Crippen LogP contribution in [0.4, 0.5) is 11.5 Å². The summed E-state index contributed by atoms with van der Waals surface area (Å²) in [4.78, 5) is 41.8. The molecule has 0 spiro atoms. The van der Waals surface area contributed by atoms with Gasteiger partial charge in [0.25, 0.3) is 5.56 Å². The standard InChI is InChI=1S/C22H28N4O3S/c1-30-15-18(27)25(13-12-16-8-4-2-5-9-16)19-20(23)26(22(29)24-21(19)28)14-17-10-6-3-7-11-17/h3,6-8,10-11H,2,4-5,9,12-15,23H2,1H3,(H,24,28,29). The molecule has 30 heavy (non-hydrogen) atoms. The molecule has 0 saturated heterocycles. The summed E-state index contributed by atoms with van der Waals surface area (Å²) in [5.41, 5.74) is 7.32. The fourth-order valence-electron chi connectivity index (χ4n) is 3.71. The second-order valence-electron chi connectivity index (χ2n) is 7.40. The number of nitrogens with zero attached hydrogens (tertiary/aromatic N) is 2. The number of amides is 1. The Kier molecular flexibility index (Phi) is 7.57. The summed E-state index contributed by atoms with van der Waals surface area (Å²) in [6, 6.07) is 9.38. The summed E-state index contributed by atoms with van der Waals surface area (Å²) in [5.74, 6) is 0.0520. The number of nitrogens with two attached hydrogens (primary N) is 1. The summed E-state index contributed by atoms with van der Waals surface area (Å²) in [6.45, 7) is 0.576. The van der Waals surface area contributed by atoms with Gasteiger partial charge in [-0.15, -0.1) is 0 Å². The Morgan fingerprint density at radius 3 is 2.67 bits per heavy atom. The number of aromatic nitrogens is 2. The molecule has 1 aromatic carbocycles. The largest absolute Gasteiger partial charge is 0.383 e. The number of carbonyl (C=O) groups is 1. The minimum atomic E-state index is -0.631. The number of allylic oxidation sites excluding steroid dienone is 1. The molecule has 160 valence electrons. The zero-order chi connectivity index (χ0) is 21.5. The molecule has 3 N–H and O–H groups in total. The highest BCUT2D eigenvalue weighted by atomic mass is 32.2. The summed E-state index contributed by atoms with van der Waals surface area (Å²) in [5, 5.41) is 0. The van der Waals surface area contributed by atoms with Gasteiger partial charge in [-0.3, -0.25) is 19.1 Å². The van der Waals surface area contributed by atoms with Crippen molar-refractivity contribution in [1.29, 1.82) is 0 Å². The second kappa shape index (κ2) is 10.3. The topological polar surface area (TPSA) is 101 Å². The minimum absolute atomic E-state index is 0.0136. The third-order valence-corrected chi connectivity index (χ3v) is 5.81. The van der Waals surface area contributed by atoms with Gasteiger partial charge in [-0.2, -0.15) is 11.8 Å². The monoisotopic (exact) mass is 428 g/mol. The molecule has 1 aliphatic rings. The fraction of sp³-hybridized carbons (Fsp3) is 0.409. The maximum atomic E-state index is 12.9. The first-order valence-corrected chi connectivity index (χ1v) is 11.5. The lowest BCUT2D eigenvalue weighted by Crippen LogP contribution is -2.42. The quantitative estimate of drug-likeness (QED) is 0.630. The van der Waals surface area contributed by atoms with E-state index in [1.165, 1.54) is 33.2 Å². The zero-order valence-corrected chi connectivity index (χ0v) is 18.0. The van der Waals surface area contributed by atoms with Crippen LogP contribution in [0, 0.1) is 0 Å². The predicted octanol–water partition coefficient (Wildman–Crippen LogP) is 2.75. The summed E-state index contributed by atoms with van der Waals surface area (Å²) < 4.78 is 1.31. The molecular formula is C22H28N4O3S. The van der Waals surface area contributed by atoms with Gasteiger partial charge in [0.1, 0.15) is 5.82 Å². The van der Waals surface area contributed by atoms with E-state index in [0.717, 1.165) is 24.8 Å². The third-order valence-electron chi connectivity index (χ3n) is 5.28. The second-order valence-corrected chi connectivity index (χ2v) is 8.27. The molecule has 2 aromatic rings. The molecule has 1 aliphatic carbocycles. The molecule has 3 rings (SSSR count). The van der Waals surface area contributed by atoms with Gasteiger partial charge in [0.05, 0.1) is 12.3 Å². The van der Waals surface area contributed by atoms with Crippen molar-refractivity contribution in [3.8, 4) is 0 Å². The van der Waals surface area contributed by atoms with Crippen molar-refractivity contribution in [2.24, 2.45) is 0 Å². The van der Waals surface area contributed by atoms with Crippen LogP contribution in [-0.4, -0.2) is 34.0 Å². The van der Waals surface area contributed by atoms with Crippen LogP contribution in [0.2, 0.25) is 0 Å². The number of H-pyrrole nitrogens is 1. The summed E-state index contributed by atoms with van der Waals surface area (Å²) in [6.07, 6.45) is 9.17. The Hall–Kier alpha value is -2.74. The zero-order valence-electron chi connectivity index (χ0n) is 17.2. The van der Waals surface area contributed by atoms with Crippen LogP contribution < -0.4 is 21.9 Å². The van der Waals surface area contributed by atoms with E-state index >= 15 is 0 Å². The van der Waals surface area contributed by atoms with E-state index in [1.54, 1.807) is 0 Å². The van der Waals surface area contributed by atoms with Crippen LogP contribution in [0.15, 0.2) is 51.6 Å². The number of rotatable bonds is 8. The van der Waals surface area contributed by atoms with Crippen molar-refractivity contribution >= 4 is 29.2 Å². The van der Waals surface area contributed by atoms with Crippen LogP contribution in [-0.2, 0) is 11.3 Å². The maximum absolute atomic E-state index is 12.9. The molecule has 1 aromatic heterocycles. The average Bonchev–Trinajstić information content (AvgIpc) is 2.75. The minimum Gasteiger partial charge on any atom is -0.383 e. The number of nitrogen functional groups attached to an aromatic ring is 1. The molecule has 8 heteroatoms. The number of anilines is 2. The number of benzene rings is 1. The van der Waals surface area contributed by atoms with E-state index in [0.29, 0.717) is 13.0 Å². The predicted molar refractivity (Wildman–Crippen MR) is 123 cm³/mol. The van der Waals surface area contributed by atoms with Crippen molar-refractivity contribution < 1.29 is 4.79 Å². The Morgan fingerprint density at radius 1 is 1.23 bits per heavy atom. The van der Waals surface area contributed by atoms with Crippen molar-refractivity contribution in [3.63, 3.8) is 0 Å². The number of nitrogens with one attached hydrogen (secondary N) is 1. The molecule has 1 heterocycles. The van der Waals surface area contributed by atoms with Gasteiger partial charge in [-0.05, 0) is 43.9 Å². The van der Waals surface area contributed by atoms with Gasteiger partial charge >= 0.3 is 5.69 Å². The smallest absolute Gasteiger partial charge is 0.330 e. The van der Waals surface area contributed by atoms with Gasteiger partial charge in [0, 0.05) is 6.54 Å². The number of hydrogen-bond acceptors (Lipinski definition) is 5. The molecule has 0 unspecified atom stereocenters. The van der Waals surface area contributed by atoms with E-state index in [9.17, 15) is 14.4 Å². The van der Waals surface area contributed by atoms with Gasteiger partial charge in [0.15, 0.2) is 5.69 Å². The Morgan fingerprint density at radius 2 is 2.00 bits per heavy atom. The van der Waals surface area contributed by atoms with E-state index < -0.39 is 11.2 Å². The molecule has 0 saturated carbocycles. The van der Waals surface area contributed by atoms with Gasteiger partial charge in [-0.1, -0.05) is 42.0 Å². The fourth-order valence-corrected chi connectivity index (χ4v) is 4.11. The van der Waals surface area contributed by atoms with Gasteiger partial charge < -0.3 is 10.6 Å². The first-order valence-electron chi connectivity index (χ1n) is 10.1. The number of carbonyl (C=O) groups excluding carboxylic acids is 1. The lowest BCUT2D eigenvalue weighted by atomic mass is 9.97. The molecular weight excluding hydrogens is 400 g/mol. The summed E-state index contributed by atoms with van der Waals surface area (Å²) in [7, 11) is 0. The maximum Gasteiger partial charge on any atom is 0.330 e. The normalized spacial score (nSPS) is 13.7. The number of aromatic amines is 1. The van der Waals surface area contributed by atoms with Crippen LogP contribution in [0.25, 0.3) is 0 Å². The number of thioether (sulfide) groups is 1. The highest BCUT2D eigenvalue weighted by Crippen LogP contribution is 2.24. The highest BCUT2D eigenvalue weighted by molar-refractivity contribution is 7.99. The van der Waals surface area contributed by atoms with Crippen LogP contribution in [0.1, 0.15) is 37.7 Å². The van der Waals surface area contributed by atoms with Crippen LogP contribution in [0.3, 0.4) is 0 Å². The van der Waals surface area contributed by atoms with Crippen LogP contribution >= 0.6 is 11.8 Å². The van der Waals surface area contributed by atoms with Crippen molar-refractivity contribution in [1.82, 2.24) is 9.55 Å². The molecule has 0 atom stereocenters. The Bertz CT molecular complexity index is 1030. The van der Waals surface area contributed by atoms with Crippen LogP contribution in [0.5, 0.6) is 0 Å². The Labute approximate surface area is 180 Å². The average molecular weight is 429 g/mol. The lowest BCUT2D eigenvalue weighted by molar-refractivity contribution is -0.116. The SMILES string of the molecule is CSCC(=O)N(CCC1=CCCCC1)c1c(N)n(Cc2ccccc2)c(=O)[nH]c1=O. The first-order chi connectivity index (χ1) is 14.5. The summed E-state index contributed by atoms with van der Waals surface area (Å²) >= 11 is 1.39. The molecule has 0 aliphatic heterocycles. The van der Waals surface area contributed by atoms with E-state index in [2.05, 4.69) is 11.1 Å².